The van der Waals surface area contributed by atoms with Crippen molar-refractivity contribution >= 4 is 17.5 Å². The maximum atomic E-state index is 13.2. The average Bonchev–Trinajstić information content (AvgIpc) is 3.19. The van der Waals surface area contributed by atoms with Crippen LogP contribution in [0.2, 0.25) is 5.02 Å². The number of rotatable bonds is 4. The van der Waals surface area contributed by atoms with E-state index in [1.807, 2.05) is 17.9 Å². The summed E-state index contributed by atoms with van der Waals surface area (Å²) in [7, 11) is 0. The molecule has 1 spiro atoms. The number of carbonyl (C=O) groups is 1. The molecule has 5 rings (SSSR count). The first-order valence-electron chi connectivity index (χ1n) is 9.55. The van der Waals surface area contributed by atoms with Gasteiger partial charge in [-0.3, -0.25) is 19.7 Å². The Morgan fingerprint density at radius 2 is 2.14 bits per heavy atom. The van der Waals surface area contributed by atoms with E-state index in [0.717, 1.165) is 29.8 Å². The molecule has 0 radical (unpaired) electrons. The predicted molar refractivity (Wildman–Crippen MR) is 100 cm³/mol. The Bertz CT molecular complexity index is 904. The SMILES string of the molecule is Cc1cc(Cl)cnc1COC1CC2(C1)O[C@@H]1CC[C@@H](c3cnccn3)N1C2=O. The van der Waals surface area contributed by atoms with Gasteiger partial charge >= 0.3 is 0 Å². The quantitative estimate of drug-likeness (QED) is 0.785. The Labute approximate surface area is 168 Å². The largest absolute Gasteiger partial charge is 0.372 e. The van der Waals surface area contributed by atoms with Crippen LogP contribution in [0, 0.1) is 6.92 Å². The molecule has 3 aliphatic rings. The summed E-state index contributed by atoms with van der Waals surface area (Å²) < 4.78 is 12.2. The lowest BCUT2D eigenvalue weighted by Gasteiger charge is -2.42. The van der Waals surface area contributed by atoms with Gasteiger partial charge in [0.1, 0.15) is 6.23 Å². The lowest BCUT2D eigenvalue weighted by molar-refractivity contribution is -0.177. The second-order valence-corrected chi connectivity index (χ2v) is 8.20. The molecule has 1 amide bonds. The van der Waals surface area contributed by atoms with Crippen LogP contribution >= 0.6 is 11.6 Å². The number of hydrogen-bond donors (Lipinski definition) is 0. The molecule has 3 fully saturated rings. The fraction of sp³-hybridized carbons (Fsp3) is 0.500. The van der Waals surface area contributed by atoms with Crippen LogP contribution in [0.15, 0.2) is 30.9 Å². The van der Waals surface area contributed by atoms with Crippen LogP contribution in [0.1, 0.15) is 48.7 Å². The molecule has 0 N–H and O–H groups in total. The third kappa shape index (κ3) is 2.89. The molecule has 1 aliphatic carbocycles. The molecule has 146 valence electrons. The van der Waals surface area contributed by atoms with E-state index in [-0.39, 0.29) is 24.3 Å². The van der Waals surface area contributed by atoms with Crippen molar-refractivity contribution in [3.05, 3.63) is 52.8 Å². The number of hydrogen-bond acceptors (Lipinski definition) is 6. The van der Waals surface area contributed by atoms with Crippen molar-refractivity contribution in [2.24, 2.45) is 0 Å². The number of fused-ring (bicyclic) bond motifs is 1. The highest BCUT2D eigenvalue weighted by Gasteiger charge is 2.63. The molecule has 2 aromatic rings. The number of aromatic nitrogens is 3. The second kappa shape index (κ2) is 6.76. The first-order valence-corrected chi connectivity index (χ1v) is 9.93. The molecule has 2 aromatic heterocycles. The summed E-state index contributed by atoms with van der Waals surface area (Å²) in [6.07, 6.45) is 9.35. The zero-order valence-electron chi connectivity index (χ0n) is 15.5. The number of nitrogens with zero attached hydrogens (tertiary/aromatic N) is 4. The van der Waals surface area contributed by atoms with Gasteiger partial charge < -0.3 is 14.4 Å². The van der Waals surface area contributed by atoms with Gasteiger partial charge in [-0.25, -0.2) is 0 Å². The fourth-order valence-corrected chi connectivity index (χ4v) is 4.68. The lowest BCUT2D eigenvalue weighted by atomic mass is 9.76. The molecule has 2 atom stereocenters. The standard InChI is InChI=1S/C20H21ClN4O3/c1-12-6-13(21)9-24-16(12)11-27-14-7-20(8-14)19(26)25-17(2-3-18(25)28-20)15-10-22-4-5-23-15/h4-6,9-10,14,17-18H,2-3,7-8,11H2,1H3/t14?,17-,18+,20?/m0/s1. The zero-order chi connectivity index (χ0) is 19.3. The van der Waals surface area contributed by atoms with Gasteiger partial charge in [-0.15, -0.1) is 0 Å². The van der Waals surface area contributed by atoms with Gasteiger partial charge in [0.05, 0.1) is 41.4 Å². The molecular weight excluding hydrogens is 380 g/mol. The number of ether oxygens (including phenoxy) is 2. The molecular formula is C20H21ClN4O3. The molecule has 8 heteroatoms. The Morgan fingerprint density at radius 1 is 1.29 bits per heavy atom. The predicted octanol–water partition coefficient (Wildman–Crippen LogP) is 2.97. The molecule has 0 unspecified atom stereocenters. The maximum Gasteiger partial charge on any atom is 0.257 e. The minimum atomic E-state index is -0.737. The normalized spacial score (nSPS) is 31.3. The Kier molecular flexibility index (Phi) is 4.34. The molecule has 0 aromatic carbocycles. The van der Waals surface area contributed by atoms with E-state index in [9.17, 15) is 4.79 Å². The van der Waals surface area contributed by atoms with Gasteiger partial charge in [-0.05, 0) is 31.4 Å². The van der Waals surface area contributed by atoms with E-state index in [1.54, 1.807) is 24.8 Å². The van der Waals surface area contributed by atoms with Crippen LogP contribution in [0.5, 0.6) is 0 Å². The molecule has 2 saturated heterocycles. The Hall–Kier alpha value is -2.09. The van der Waals surface area contributed by atoms with Gasteiger partial charge in [0.25, 0.3) is 5.91 Å². The highest BCUT2D eigenvalue weighted by Crippen LogP contribution is 2.51. The summed E-state index contributed by atoms with van der Waals surface area (Å²) in [6, 6.07) is 1.83. The van der Waals surface area contributed by atoms with E-state index >= 15 is 0 Å². The van der Waals surface area contributed by atoms with Crippen molar-refractivity contribution in [3.63, 3.8) is 0 Å². The number of aryl methyl sites for hydroxylation is 1. The molecule has 28 heavy (non-hydrogen) atoms. The first kappa shape index (κ1) is 18.0. The first-order chi connectivity index (χ1) is 13.6. The third-order valence-electron chi connectivity index (χ3n) is 5.97. The summed E-state index contributed by atoms with van der Waals surface area (Å²) in [6.45, 7) is 2.37. The van der Waals surface area contributed by atoms with Crippen molar-refractivity contribution < 1.29 is 14.3 Å². The van der Waals surface area contributed by atoms with Crippen LogP contribution in [0.3, 0.4) is 0 Å². The highest BCUT2D eigenvalue weighted by atomic mass is 35.5. The summed E-state index contributed by atoms with van der Waals surface area (Å²) in [5, 5.41) is 0.618. The van der Waals surface area contributed by atoms with Crippen molar-refractivity contribution in [1.82, 2.24) is 19.9 Å². The maximum absolute atomic E-state index is 13.2. The van der Waals surface area contributed by atoms with Gasteiger partial charge in [-0.2, -0.15) is 0 Å². The summed E-state index contributed by atoms with van der Waals surface area (Å²) in [4.78, 5) is 27.9. The van der Waals surface area contributed by atoms with E-state index in [1.165, 1.54) is 0 Å². The number of halogens is 1. The van der Waals surface area contributed by atoms with Crippen LogP contribution in [0.4, 0.5) is 0 Å². The van der Waals surface area contributed by atoms with Crippen LogP contribution in [-0.2, 0) is 20.9 Å². The van der Waals surface area contributed by atoms with Gasteiger partial charge in [-0.1, -0.05) is 11.6 Å². The van der Waals surface area contributed by atoms with Gasteiger partial charge in [0, 0.05) is 31.4 Å². The highest BCUT2D eigenvalue weighted by molar-refractivity contribution is 6.30. The topological polar surface area (TPSA) is 77.4 Å². The fourth-order valence-electron chi connectivity index (χ4n) is 4.47. The minimum Gasteiger partial charge on any atom is -0.372 e. The lowest BCUT2D eigenvalue weighted by Crippen LogP contribution is -2.54. The minimum absolute atomic E-state index is 0.00387. The smallest absolute Gasteiger partial charge is 0.257 e. The van der Waals surface area contributed by atoms with Crippen molar-refractivity contribution in [2.75, 3.05) is 0 Å². The number of carbonyl (C=O) groups excluding carboxylic acids is 1. The summed E-state index contributed by atoms with van der Waals surface area (Å²) in [5.74, 6) is 0.0614. The van der Waals surface area contributed by atoms with E-state index in [2.05, 4.69) is 15.0 Å². The molecule has 7 nitrogen and oxygen atoms in total. The monoisotopic (exact) mass is 400 g/mol. The van der Waals surface area contributed by atoms with Gasteiger partial charge in [0.2, 0.25) is 0 Å². The van der Waals surface area contributed by atoms with Crippen molar-refractivity contribution in [1.29, 1.82) is 0 Å². The van der Waals surface area contributed by atoms with E-state index in [0.29, 0.717) is 24.5 Å². The average molecular weight is 401 g/mol. The van der Waals surface area contributed by atoms with E-state index < -0.39 is 5.60 Å². The number of pyridine rings is 1. The summed E-state index contributed by atoms with van der Waals surface area (Å²) in [5.41, 5.74) is 1.96. The molecule has 4 heterocycles. The van der Waals surface area contributed by atoms with Gasteiger partial charge in [0.15, 0.2) is 5.60 Å². The van der Waals surface area contributed by atoms with Crippen LogP contribution in [-0.4, -0.2) is 43.7 Å². The molecule has 0 bridgehead atoms. The zero-order valence-corrected chi connectivity index (χ0v) is 16.3. The van der Waals surface area contributed by atoms with Crippen LogP contribution in [0.25, 0.3) is 0 Å². The second-order valence-electron chi connectivity index (χ2n) is 7.76. The van der Waals surface area contributed by atoms with Crippen molar-refractivity contribution in [2.45, 2.75) is 63.2 Å². The third-order valence-corrected chi connectivity index (χ3v) is 6.17. The van der Waals surface area contributed by atoms with E-state index in [4.69, 9.17) is 21.1 Å². The Balaban J connectivity index is 1.22. The summed E-state index contributed by atoms with van der Waals surface area (Å²) >= 11 is 5.95. The molecule has 1 saturated carbocycles. The Morgan fingerprint density at radius 3 is 2.89 bits per heavy atom. The number of amides is 1. The molecule has 2 aliphatic heterocycles. The van der Waals surface area contributed by atoms with Crippen LogP contribution < -0.4 is 0 Å². The van der Waals surface area contributed by atoms with Crippen molar-refractivity contribution in [3.8, 4) is 0 Å².